The third-order valence-corrected chi connectivity index (χ3v) is 2.85. The lowest BCUT2D eigenvalue weighted by Crippen LogP contribution is -2.33. The molecular formula is C10H15NO2. The first-order valence-corrected chi connectivity index (χ1v) is 4.46. The predicted molar refractivity (Wildman–Crippen MR) is 49.8 cm³/mol. The van der Waals surface area contributed by atoms with Crippen molar-refractivity contribution in [2.75, 3.05) is 0 Å². The summed E-state index contributed by atoms with van der Waals surface area (Å²) in [6, 6.07) is 0. The molecule has 0 spiro atoms. The molecule has 1 amide bonds. The first-order chi connectivity index (χ1) is 6.06. The molecule has 0 aromatic carbocycles. The van der Waals surface area contributed by atoms with Crippen LogP contribution in [-0.2, 0) is 9.59 Å². The molecule has 0 aliphatic heterocycles. The number of carbonyl (C=O) groups is 2. The lowest BCUT2D eigenvalue weighted by atomic mass is 9.77. The zero-order valence-corrected chi connectivity index (χ0v) is 8.04. The summed E-state index contributed by atoms with van der Waals surface area (Å²) in [7, 11) is 0. The zero-order chi connectivity index (χ0) is 10.0. The normalized spacial score (nSPS) is 28.8. The van der Waals surface area contributed by atoms with Gasteiger partial charge in [0.1, 0.15) is 6.29 Å². The molecule has 0 heterocycles. The predicted octanol–water partition coefficient (Wildman–Crippen LogP) is 1.03. The molecule has 0 bridgehead atoms. The van der Waals surface area contributed by atoms with Crippen molar-refractivity contribution in [2.45, 2.75) is 26.7 Å². The van der Waals surface area contributed by atoms with E-state index < -0.39 is 0 Å². The average molecular weight is 181 g/mol. The number of amides is 1. The van der Waals surface area contributed by atoms with Crippen LogP contribution in [0, 0.1) is 11.8 Å². The summed E-state index contributed by atoms with van der Waals surface area (Å²) in [5.74, 6) is -0.855. The molecule has 1 aliphatic carbocycles. The van der Waals surface area contributed by atoms with E-state index in [-0.39, 0.29) is 17.7 Å². The summed E-state index contributed by atoms with van der Waals surface area (Å²) < 4.78 is 0. The van der Waals surface area contributed by atoms with E-state index in [2.05, 4.69) is 0 Å². The maximum atomic E-state index is 11.0. The highest BCUT2D eigenvalue weighted by Gasteiger charge is 2.30. The van der Waals surface area contributed by atoms with Crippen LogP contribution in [-0.4, -0.2) is 12.2 Å². The van der Waals surface area contributed by atoms with Gasteiger partial charge in [-0.2, -0.15) is 0 Å². The van der Waals surface area contributed by atoms with Crippen molar-refractivity contribution >= 4 is 12.2 Å². The Bertz CT molecular complexity index is 268. The Kier molecular flexibility index (Phi) is 2.86. The highest BCUT2D eigenvalue weighted by molar-refractivity contribution is 5.81. The fourth-order valence-electron chi connectivity index (χ4n) is 1.78. The molecule has 0 saturated heterocycles. The summed E-state index contributed by atoms with van der Waals surface area (Å²) in [6.45, 7) is 4.00. The first kappa shape index (κ1) is 9.96. The molecule has 3 nitrogen and oxygen atoms in total. The van der Waals surface area contributed by atoms with E-state index >= 15 is 0 Å². The van der Waals surface area contributed by atoms with E-state index in [9.17, 15) is 9.59 Å². The number of primary amides is 1. The van der Waals surface area contributed by atoms with Crippen molar-refractivity contribution in [1.29, 1.82) is 0 Å². The molecule has 0 fully saturated rings. The molecule has 3 heteroatoms. The lowest BCUT2D eigenvalue weighted by Gasteiger charge is -2.27. The van der Waals surface area contributed by atoms with E-state index in [4.69, 9.17) is 5.73 Å². The number of rotatable bonds is 2. The van der Waals surface area contributed by atoms with Gasteiger partial charge in [-0.15, -0.1) is 0 Å². The van der Waals surface area contributed by atoms with Crippen LogP contribution in [0.5, 0.6) is 0 Å². The molecule has 0 radical (unpaired) electrons. The standard InChI is InChI=1S/C10H15NO2/c1-6-3-8(5-12)9(10(11)13)4-7(6)2/h5,8-9H,3-4H2,1-2H3,(H2,11,13). The van der Waals surface area contributed by atoms with E-state index in [1.807, 2.05) is 13.8 Å². The zero-order valence-electron chi connectivity index (χ0n) is 8.04. The largest absolute Gasteiger partial charge is 0.369 e. The molecular weight excluding hydrogens is 166 g/mol. The maximum absolute atomic E-state index is 11.0. The summed E-state index contributed by atoms with van der Waals surface area (Å²) in [5, 5.41) is 0. The second kappa shape index (κ2) is 3.73. The fourth-order valence-corrected chi connectivity index (χ4v) is 1.78. The third kappa shape index (κ3) is 1.97. The van der Waals surface area contributed by atoms with Crippen molar-refractivity contribution in [2.24, 2.45) is 17.6 Å². The second-order valence-corrected chi connectivity index (χ2v) is 3.78. The molecule has 2 atom stereocenters. The van der Waals surface area contributed by atoms with E-state index in [0.29, 0.717) is 12.8 Å². The maximum Gasteiger partial charge on any atom is 0.221 e. The topological polar surface area (TPSA) is 60.2 Å². The van der Waals surface area contributed by atoms with Gasteiger partial charge in [0.15, 0.2) is 0 Å². The molecule has 13 heavy (non-hydrogen) atoms. The molecule has 0 aromatic heterocycles. The van der Waals surface area contributed by atoms with Gasteiger partial charge in [-0.25, -0.2) is 0 Å². The first-order valence-electron chi connectivity index (χ1n) is 4.46. The van der Waals surface area contributed by atoms with E-state index in [1.54, 1.807) is 0 Å². The van der Waals surface area contributed by atoms with Gasteiger partial charge in [-0.05, 0) is 26.7 Å². The molecule has 2 unspecified atom stereocenters. The highest BCUT2D eigenvalue weighted by atomic mass is 16.1. The molecule has 1 rings (SSSR count). The lowest BCUT2D eigenvalue weighted by molar-refractivity contribution is -0.127. The Labute approximate surface area is 78.0 Å². The van der Waals surface area contributed by atoms with Gasteiger partial charge in [0, 0.05) is 5.92 Å². The Morgan fingerprint density at radius 2 is 1.92 bits per heavy atom. The Hall–Kier alpha value is -1.12. The number of hydrogen-bond acceptors (Lipinski definition) is 2. The summed E-state index contributed by atoms with van der Waals surface area (Å²) >= 11 is 0. The smallest absolute Gasteiger partial charge is 0.221 e. The fraction of sp³-hybridized carbons (Fsp3) is 0.600. The molecule has 0 aromatic rings. The van der Waals surface area contributed by atoms with Crippen LogP contribution >= 0.6 is 0 Å². The molecule has 2 N–H and O–H groups in total. The summed E-state index contributed by atoms with van der Waals surface area (Å²) in [6.07, 6.45) is 2.18. The monoisotopic (exact) mass is 181 g/mol. The van der Waals surface area contributed by atoms with Gasteiger partial charge in [0.25, 0.3) is 0 Å². The second-order valence-electron chi connectivity index (χ2n) is 3.78. The van der Waals surface area contributed by atoms with Crippen molar-refractivity contribution in [3.8, 4) is 0 Å². The quantitative estimate of drug-likeness (QED) is 0.511. The number of nitrogens with two attached hydrogens (primary N) is 1. The summed E-state index contributed by atoms with van der Waals surface area (Å²) in [4.78, 5) is 21.7. The molecule has 0 saturated carbocycles. The van der Waals surface area contributed by atoms with Crippen molar-refractivity contribution in [3.63, 3.8) is 0 Å². The van der Waals surface area contributed by atoms with Gasteiger partial charge in [0.2, 0.25) is 5.91 Å². The van der Waals surface area contributed by atoms with E-state index in [0.717, 1.165) is 6.29 Å². The average Bonchev–Trinajstić information content (AvgIpc) is 2.08. The van der Waals surface area contributed by atoms with E-state index in [1.165, 1.54) is 11.1 Å². The number of hydrogen-bond donors (Lipinski definition) is 1. The Morgan fingerprint density at radius 1 is 1.38 bits per heavy atom. The Balaban J connectivity index is 2.87. The minimum Gasteiger partial charge on any atom is -0.369 e. The Morgan fingerprint density at radius 3 is 2.38 bits per heavy atom. The van der Waals surface area contributed by atoms with Gasteiger partial charge >= 0.3 is 0 Å². The van der Waals surface area contributed by atoms with Crippen molar-refractivity contribution < 1.29 is 9.59 Å². The molecule has 72 valence electrons. The van der Waals surface area contributed by atoms with Crippen LogP contribution in [0.2, 0.25) is 0 Å². The van der Waals surface area contributed by atoms with Crippen LogP contribution in [0.15, 0.2) is 11.1 Å². The van der Waals surface area contributed by atoms with Gasteiger partial charge in [-0.1, -0.05) is 11.1 Å². The van der Waals surface area contributed by atoms with Crippen molar-refractivity contribution in [1.82, 2.24) is 0 Å². The van der Waals surface area contributed by atoms with Crippen LogP contribution in [0.3, 0.4) is 0 Å². The minimum absolute atomic E-state index is 0.207. The highest BCUT2D eigenvalue weighted by Crippen LogP contribution is 2.32. The molecule has 1 aliphatic rings. The van der Waals surface area contributed by atoms with Crippen molar-refractivity contribution in [3.05, 3.63) is 11.1 Å². The van der Waals surface area contributed by atoms with Gasteiger partial charge < -0.3 is 10.5 Å². The third-order valence-electron chi connectivity index (χ3n) is 2.85. The number of carbonyl (C=O) groups excluding carboxylic acids is 2. The van der Waals surface area contributed by atoms with Gasteiger partial charge in [0.05, 0.1) is 5.92 Å². The number of allylic oxidation sites excluding steroid dienone is 2. The van der Waals surface area contributed by atoms with Crippen LogP contribution in [0.25, 0.3) is 0 Å². The summed E-state index contributed by atoms with van der Waals surface area (Å²) in [5.41, 5.74) is 7.63. The van der Waals surface area contributed by atoms with Crippen LogP contribution < -0.4 is 5.73 Å². The van der Waals surface area contributed by atoms with Crippen LogP contribution in [0.4, 0.5) is 0 Å². The van der Waals surface area contributed by atoms with Gasteiger partial charge in [-0.3, -0.25) is 4.79 Å². The number of aldehydes is 1. The SMILES string of the molecule is CC1=C(C)CC(C(N)=O)C(C=O)C1. The minimum atomic E-state index is -0.357. The van der Waals surface area contributed by atoms with Crippen LogP contribution in [0.1, 0.15) is 26.7 Å².